The SMILES string of the molecule is O=[PH](c1ccccc1)c1ccc2c(c1)c1ccccc1c1nc3cccc(P(=O)(c4ccccc4)c4ccccc4)c3n21. The lowest BCUT2D eigenvalue weighted by atomic mass is 10.1. The van der Waals surface area contributed by atoms with Crippen molar-refractivity contribution in [3.05, 3.63) is 152 Å². The summed E-state index contributed by atoms with van der Waals surface area (Å²) in [5.41, 5.74) is 3.35. The van der Waals surface area contributed by atoms with E-state index in [2.05, 4.69) is 22.6 Å². The quantitative estimate of drug-likeness (QED) is 0.161. The molecule has 8 aromatic rings. The monoisotopic (exact) mass is 592 g/mol. The number of hydrogen-bond donors (Lipinski definition) is 0. The first-order valence-electron chi connectivity index (χ1n) is 14.2. The first kappa shape index (κ1) is 25.9. The largest absolute Gasteiger partial charge is 0.317 e. The summed E-state index contributed by atoms with van der Waals surface area (Å²) in [5.74, 6) is 0. The Kier molecular flexibility index (Phi) is 6.15. The molecule has 1 atom stereocenters. The molecule has 2 heterocycles. The second kappa shape index (κ2) is 10.2. The van der Waals surface area contributed by atoms with Crippen LogP contribution in [0.2, 0.25) is 0 Å². The zero-order valence-corrected chi connectivity index (χ0v) is 25.0. The lowest BCUT2D eigenvalue weighted by Gasteiger charge is -2.21. The molecule has 4 nitrogen and oxygen atoms in total. The highest BCUT2D eigenvalue weighted by atomic mass is 31.2. The highest BCUT2D eigenvalue weighted by Crippen LogP contribution is 2.45. The van der Waals surface area contributed by atoms with Crippen LogP contribution >= 0.6 is 14.9 Å². The summed E-state index contributed by atoms with van der Waals surface area (Å²) < 4.78 is 31.4. The second-order valence-corrected chi connectivity index (χ2v) is 15.2. The summed E-state index contributed by atoms with van der Waals surface area (Å²) in [6.07, 6.45) is 0. The van der Waals surface area contributed by atoms with Crippen molar-refractivity contribution in [2.45, 2.75) is 0 Å². The Bertz CT molecular complexity index is 2340. The molecule has 2 aromatic heterocycles. The van der Waals surface area contributed by atoms with Crippen LogP contribution in [0.1, 0.15) is 0 Å². The Morgan fingerprint density at radius 2 is 1.16 bits per heavy atom. The highest BCUT2D eigenvalue weighted by molar-refractivity contribution is 7.85. The van der Waals surface area contributed by atoms with Gasteiger partial charge in [0.15, 0.2) is 7.14 Å². The number of hydrogen-bond acceptors (Lipinski definition) is 3. The first-order chi connectivity index (χ1) is 21.1. The van der Waals surface area contributed by atoms with Crippen LogP contribution in [0, 0.1) is 0 Å². The van der Waals surface area contributed by atoms with Crippen LogP contribution in [-0.4, -0.2) is 9.38 Å². The number of benzene rings is 6. The first-order valence-corrected chi connectivity index (χ1v) is 17.3. The van der Waals surface area contributed by atoms with Crippen LogP contribution < -0.4 is 26.5 Å². The van der Waals surface area contributed by atoms with Crippen LogP contribution in [0.25, 0.3) is 38.4 Å². The molecular weight excluding hydrogens is 566 g/mol. The van der Waals surface area contributed by atoms with Crippen molar-refractivity contribution >= 4 is 79.8 Å². The summed E-state index contributed by atoms with van der Waals surface area (Å²) in [4.78, 5) is 5.15. The second-order valence-electron chi connectivity index (χ2n) is 10.7. The van der Waals surface area contributed by atoms with Crippen LogP contribution in [0.4, 0.5) is 0 Å². The zero-order chi connectivity index (χ0) is 29.0. The van der Waals surface area contributed by atoms with Crippen molar-refractivity contribution in [1.82, 2.24) is 9.38 Å². The predicted molar refractivity (Wildman–Crippen MR) is 182 cm³/mol. The van der Waals surface area contributed by atoms with Gasteiger partial charge in [-0.15, -0.1) is 0 Å². The standard InChI is InChI=1S/C37H26N2O2P2/c40-42(26-13-4-1-5-14-26)27-23-24-34-32(25-27)30-19-10-11-20-31(30)37-38-33-21-12-22-35(36(33)39(34)37)43(41,28-15-6-2-7-16-28)29-17-8-3-9-18-29/h1-25,42H. The molecule has 0 spiro atoms. The number of pyridine rings is 1. The van der Waals surface area contributed by atoms with E-state index in [4.69, 9.17) is 4.98 Å². The van der Waals surface area contributed by atoms with Gasteiger partial charge in [-0.2, -0.15) is 0 Å². The third kappa shape index (κ3) is 4.02. The third-order valence-corrected chi connectivity index (χ3v) is 13.0. The fraction of sp³-hybridized carbons (Fsp3) is 0. The molecule has 0 amide bonds. The van der Waals surface area contributed by atoms with Gasteiger partial charge in [0.05, 0.1) is 16.6 Å². The maximum absolute atomic E-state index is 15.6. The van der Waals surface area contributed by atoms with Gasteiger partial charge in [0.1, 0.15) is 13.4 Å². The summed E-state index contributed by atoms with van der Waals surface area (Å²) in [7, 11) is -5.51. The number of nitrogens with zero attached hydrogens (tertiary/aromatic N) is 2. The number of para-hydroxylation sites is 1. The van der Waals surface area contributed by atoms with E-state index in [1.807, 2.05) is 133 Å². The van der Waals surface area contributed by atoms with E-state index in [0.717, 1.165) is 64.9 Å². The van der Waals surface area contributed by atoms with Gasteiger partial charge in [-0.3, -0.25) is 4.40 Å². The van der Waals surface area contributed by atoms with Crippen molar-refractivity contribution in [1.29, 1.82) is 0 Å². The Morgan fingerprint density at radius 3 is 1.84 bits per heavy atom. The average Bonchev–Trinajstić information content (AvgIpc) is 3.49. The van der Waals surface area contributed by atoms with Crippen molar-refractivity contribution in [3.8, 4) is 0 Å². The minimum atomic E-state index is -3.30. The number of aromatic nitrogens is 2. The number of fused-ring (bicyclic) bond motifs is 8. The molecule has 0 aliphatic rings. The number of imidazole rings is 1. The highest BCUT2D eigenvalue weighted by Gasteiger charge is 2.33. The van der Waals surface area contributed by atoms with E-state index in [1.165, 1.54) is 0 Å². The summed E-state index contributed by atoms with van der Waals surface area (Å²) in [5, 5.41) is 6.95. The topological polar surface area (TPSA) is 51.4 Å². The molecule has 0 saturated carbocycles. The maximum Gasteiger partial charge on any atom is 0.173 e. The molecule has 43 heavy (non-hydrogen) atoms. The minimum absolute atomic E-state index is 0.744. The Labute approximate surface area is 249 Å². The maximum atomic E-state index is 15.6. The average molecular weight is 593 g/mol. The molecule has 0 radical (unpaired) electrons. The molecule has 0 aliphatic heterocycles. The lowest BCUT2D eigenvalue weighted by Crippen LogP contribution is -2.26. The molecule has 0 aliphatic carbocycles. The summed E-state index contributed by atoms with van der Waals surface area (Å²) >= 11 is 0. The van der Waals surface area contributed by atoms with E-state index >= 15 is 4.57 Å². The van der Waals surface area contributed by atoms with Crippen LogP contribution in [0.5, 0.6) is 0 Å². The normalized spacial score (nSPS) is 12.7. The lowest BCUT2D eigenvalue weighted by molar-refractivity contribution is 0.592. The third-order valence-electron chi connectivity index (χ3n) is 8.23. The van der Waals surface area contributed by atoms with Gasteiger partial charge in [-0.1, -0.05) is 121 Å². The molecule has 8 rings (SSSR count). The molecule has 6 aromatic carbocycles. The fourth-order valence-corrected chi connectivity index (χ4v) is 10.4. The Balaban J connectivity index is 1.51. The van der Waals surface area contributed by atoms with Gasteiger partial charge in [0.25, 0.3) is 0 Å². The minimum Gasteiger partial charge on any atom is -0.317 e. The molecule has 206 valence electrons. The van der Waals surface area contributed by atoms with Gasteiger partial charge < -0.3 is 9.13 Å². The molecule has 0 fully saturated rings. The summed E-state index contributed by atoms with van der Waals surface area (Å²) in [6, 6.07) is 49.4. The van der Waals surface area contributed by atoms with Crippen LogP contribution in [-0.2, 0) is 9.13 Å². The zero-order valence-electron chi connectivity index (χ0n) is 23.1. The van der Waals surface area contributed by atoms with E-state index in [0.29, 0.717) is 0 Å². The molecule has 6 heteroatoms. The van der Waals surface area contributed by atoms with E-state index < -0.39 is 14.9 Å². The van der Waals surface area contributed by atoms with E-state index in [9.17, 15) is 4.57 Å². The van der Waals surface area contributed by atoms with Gasteiger partial charge in [-0.25, -0.2) is 4.98 Å². The Hall–Kier alpha value is -4.75. The van der Waals surface area contributed by atoms with Gasteiger partial charge in [0.2, 0.25) is 0 Å². The van der Waals surface area contributed by atoms with Gasteiger partial charge >= 0.3 is 0 Å². The number of rotatable bonds is 5. The van der Waals surface area contributed by atoms with Crippen LogP contribution in [0.15, 0.2) is 152 Å². The smallest absolute Gasteiger partial charge is 0.173 e. The van der Waals surface area contributed by atoms with Gasteiger partial charge in [-0.05, 0) is 35.7 Å². The predicted octanol–water partition coefficient (Wildman–Crippen LogP) is 6.94. The van der Waals surface area contributed by atoms with Crippen molar-refractivity contribution < 1.29 is 9.13 Å². The molecule has 0 saturated heterocycles. The molecular formula is C37H26N2O2P2. The molecule has 0 N–H and O–H groups in total. The van der Waals surface area contributed by atoms with Crippen molar-refractivity contribution in [2.75, 3.05) is 0 Å². The van der Waals surface area contributed by atoms with Crippen molar-refractivity contribution in [2.24, 2.45) is 0 Å². The molecule has 0 bridgehead atoms. The fourth-order valence-electron chi connectivity index (χ4n) is 6.24. The van der Waals surface area contributed by atoms with E-state index in [-0.39, 0.29) is 0 Å². The molecule has 1 unspecified atom stereocenters. The Morgan fingerprint density at radius 1 is 0.558 bits per heavy atom. The summed E-state index contributed by atoms with van der Waals surface area (Å²) in [6.45, 7) is 0. The van der Waals surface area contributed by atoms with Gasteiger partial charge in [0, 0.05) is 37.3 Å². The van der Waals surface area contributed by atoms with E-state index in [1.54, 1.807) is 0 Å². The van der Waals surface area contributed by atoms with Crippen molar-refractivity contribution in [3.63, 3.8) is 0 Å². The van der Waals surface area contributed by atoms with Crippen LogP contribution in [0.3, 0.4) is 0 Å².